The molecule has 0 aliphatic heterocycles. The molecule has 0 bridgehead atoms. The van der Waals surface area contributed by atoms with Gasteiger partial charge in [-0.05, 0) is 74.0 Å². The molecule has 3 aliphatic carbocycles. The molecule has 0 aromatic rings. The fraction of sp³-hybridized carbons (Fsp3) is 0.850. The Morgan fingerprint density at radius 2 is 2.05 bits per heavy atom. The third kappa shape index (κ3) is 2.32. The molecule has 5 atom stereocenters. The van der Waals surface area contributed by atoms with E-state index < -0.39 is 0 Å². The molecule has 2 fully saturated rings. The number of carbonyl (C=O) groups excluding carboxylic acids is 1. The second kappa shape index (κ2) is 5.25. The van der Waals surface area contributed by atoms with Crippen molar-refractivity contribution in [2.75, 3.05) is 0 Å². The van der Waals surface area contributed by atoms with Crippen molar-refractivity contribution in [3.63, 3.8) is 0 Å². The molecule has 0 radical (unpaired) electrons. The first-order valence-electron chi connectivity index (χ1n) is 9.08. The fourth-order valence-electron chi connectivity index (χ4n) is 5.85. The lowest BCUT2D eigenvalue weighted by Crippen LogP contribution is -2.46. The predicted octanol–water partition coefficient (Wildman–Crippen LogP) is 5.54. The van der Waals surface area contributed by atoms with Gasteiger partial charge in [0, 0.05) is 6.42 Å². The third-order valence-corrected chi connectivity index (χ3v) is 7.62. The Balaban J connectivity index is 1.91. The van der Waals surface area contributed by atoms with Gasteiger partial charge in [-0.25, -0.2) is 0 Å². The van der Waals surface area contributed by atoms with Gasteiger partial charge in [0.15, 0.2) is 0 Å². The van der Waals surface area contributed by atoms with Gasteiger partial charge >= 0.3 is 0 Å². The van der Waals surface area contributed by atoms with Gasteiger partial charge in [-0.3, -0.25) is 0 Å². The summed E-state index contributed by atoms with van der Waals surface area (Å²) < 4.78 is 0. The van der Waals surface area contributed by atoms with Crippen molar-refractivity contribution < 1.29 is 4.79 Å². The first-order chi connectivity index (χ1) is 9.88. The van der Waals surface area contributed by atoms with Crippen LogP contribution < -0.4 is 0 Å². The lowest BCUT2D eigenvalue weighted by molar-refractivity contribution is -0.118. The van der Waals surface area contributed by atoms with Crippen molar-refractivity contribution in [3.05, 3.63) is 11.6 Å². The summed E-state index contributed by atoms with van der Waals surface area (Å²) in [5.74, 6) is 2.75. The van der Waals surface area contributed by atoms with E-state index in [9.17, 15) is 4.79 Å². The van der Waals surface area contributed by atoms with Crippen molar-refractivity contribution in [3.8, 4) is 0 Å². The van der Waals surface area contributed by atoms with Crippen LogP contribution in [0.3, 0.4) is 0 Å². The first kappa shape index (κ1) is 15.3. The molecule has 0 N–H and O–H groups in total. The SMILES string of the molecule is CC(=O)CCC1(C)C(C)CC=C2C1CCC1CCCC21C. The van der Waals surface area contributed by atoms with Crippen LogP contribution in [-0.4, -0.2) is 5.78 Å². The molecule has 2 saturated carbocycles. The largest absolute Gasteiger partial charge is 0.300 e. The zero-order chi connectivity index (χ0) is 15.3. The monoisotopic (exact) mass is 288 g/mol. The molecule has 21 heavy (non-hydrogen) atoms. The number of ketones is 1. The molecule has 3 rings (SSSR count). The lowest BCUT2D eigenvalue weighted by Gasteiger charge is -2.55. The average molecular weight is 288 g/mol. The number of allylic oxidation sites excluding steroid dienone is 2. The zero-order valence-electron chi connectivity index (χ0n) is 14.4. The normalized spacial score (nSPS) is 45.7. The van der Waals surface area contributed by atoms with Crippen LogP contribution in [0.5, 0.6) is 0 Å². The van der Waals surface area contributed by atoms with Gasteiger partial charge in [0.25, 0.3) is 0 Å². The van der Waals surface area contributed by atoms with Crippen molar-refractivity contribution in [2.24, 2.45) is 28.6 Å². The van der Waals surface area contributed by atoms with Crippen molar-refractivity contribution in [1.82, 2.24) is 0 Å². The number of hydrogen-bond acceptors (Lipinski definition) is 1. The second-order valence-corrected chi connectivity index (χ2v) is 8.64. The molecule has 0 saturated heterocycles. The molecule has 0 spiro atoms. The van der Waals surface area contributed by atoms with Gasteiger partial charge in [-0.1, -0.05) is 38.8 Å². The van der Waals surface area contributed by atoms with Crippen LogP contribution in [0.2, 0.25) is 0 Å². The van der Waals surface area contributed by atoms with Crippen molar-refractivity contribution >= 4 is 5.78 Å². The summed E-state index contributed by atoms with van der Waals surface area (Å²) in [5, 5.41) is 0. The number of fused-ring (bicyclic) bond motifs is 3. The van der Waals surface area contributed by atoms with Gasteiger partial charge in [0.05, 0.1) is 0 Å². The molecule has 1 nitrogen and oxygen atoms in total. The van der Waals surface area contributed by atoms with E-state index in [4.69, 9.17) is 0 Å². The molecule has 5 unspecified atom stereocenters. The number of Topliss-reactive ketones (excluding diaryl/α,β-unsaturated/α-hetero) is 1. The summed E-state index contributed by atoms with van der Waals surface area (Å²) in [6.07, 6.45) is 12.7. The smallest absolute Gasteiger partial charge is 0.129 e. The van der Waals surface area contributed by atoms with Crippen LogP contribution >= 0.6 is 0 Å². The van der Waals surface area contributed by atoms with Crippen LogP contribution in [0.1, 0.15) is 79.1 Å². The minimum absolute atomic E-state index is 0.340. The summed E-state index contributed by atoms with van der Waals surface area (Å²) in [6, 6.07) is 0. The van der Waals surface area contributed by atoms with E-state index in [1.165, 1.54) is 38.5 Å². The van der Waals surface area contributed by atoms with Crippen molar-refractivity contribution in [1.29, 1.82) is 0 Å². The van der Waals surface area contributed by atoms with Crippen LogP contribution in [-0.2, 0) is 4.79 Å². The highest BCUT2D eigenvalue weighted by Gasteiger charge is 2.53. The topological polar surface area (TPSA) is 17.1 Å². The Morgan fingerprint density at radius 3 is 2.76 bits per heavy atom. The highest BCUT2D eigenvalue weighted by molar-refractivity contribution is 5.75. The van der Waals surface area contributed by atoms with E-state index in [0.29, 0.717) is 22.5 Å². The Bertz CT molecular complexity index is 462. The molecular weight excluding hydrogens is 256 g/mol. The fourth-order valence-corrected chi connectivity index (χ4v) is 5.85. The second-order valence-electron chi connectivity index (χ2n) is 8.64. The average Bonchev–Trinajstić information content (AvgIpc) is 2.82. The highest BCUT2D eigenvalue weighted by Crippen LogP contribution is 2.63. The predicted molar refractivity (Wildman–Crippen MR) is 88.1 cm³/mol. The molecular formula is C20H32O. The molecule has 3 aliphatic rings. The quantitative estimate of drug-likeness (QED) is 0.623. The summed E-state index contributed by atoms with van der Waals surface area (Å²) in [6.45, 7) is 9.19. The molecule has 0 aromatic carbocycles. The third-order valence-electron chi connectivity index (χ3n) is 7.62. The zero-order valence-corrected chi connectivity index (χ0v) is 14.4. The Hall–Kier alpha value is -0.590. The maximum atomic E-state index is 11.5. The maximum Gasteiger partial charge on any atom is 0.129 e. The molecule has 1 heteroatoms. The summed E-state index contributed by atoms with van der Waals surface area (Å²) in [4.78, 5) is 11.5. The summed E-state index contributed by atoms with van der Waals surface area (Å²) in [5.41, 5.74) is 2.62. The molecule has 118 valence electrons. The van der Waals surface area contributed by atoms with E-state index in [-0.39, 0.29) is 0 Å². The highest BCUT2D eigenvalue weighted by atomic mass is 16.1. The minimum atomic E-state index is 0.340. The molecule has 0 heterocycles. The Labute approximate surface area is 130 Å². The number of carbonyl (C=O) groups is 1. The minimum Gasteiger partial charge on any atom is -0.300 e. The van der Waals surface area contributed by atoms with Crippen molar-refractivity contribution in [2.45, 2.75) is 79.1 Å². The number of hydrogen-bond donors (Lipinski definition) is 0. The van der Waals surface area contributed by atoms with Crippen LogP contribution in [0, 0.1) is 28.6 Å². The van der Waals surface area contributed by atoms with Gasteiger partial charge in [0.1, 0.15) is 5.78 Å². The molecule has 0 aromatic heterocycles. The van der Waals surface area contributed by atoms with E-state index in [1.54, 1.807) is 12.5 Å². The summed E-state index contributed by atoms with van der Waals surface area (Å²) >= 11 is 0. The maximum absolute atomic E-state index is 11.5. The van der Waals surface area contributed by atoms with E-state index in [0.717, 1.165) is 24.7 Å². The Morgan fingerprint density at radius 1 is 1.29 bits per heavy atom. The van der Waals surface area contributed by atoms with E-state index in [2.05, 4.69) is 26.8 Å². The summed E-state index contributed by atoms with van der Waals surface area (Å²) in [7, 11) is 0. The van der Waals surface area contributed by atoms with Gasteiger partial charge in [0.2, 0.25) is 0 Å². The van der Waals surface area contributed by atoms with E-state index in [1.807, 2.05) is 0 Å². The van der Waals surface area contributed by atoms with Crippen LogP contribution in [0.15, 0.2) is 11.6 Å². The van der Waals surface area contributed by atoms with Crippen LogP contribution in [0.4, 0.5) is 0 Å². The molecule has 0 amide bonds. The van der Waals surface area contributed by atoms with Gasteiger partial charge in [-0.2, -0.15) is 0 Å². The Kier molecular flexibility index (Phi) is 3.83. The standard InChI is InChI=1S/C20H32O/c1-14-7-9-18-17(19(14,3)13-11-15(2)21)10-8-16-6-5-12-20(16,18)4/h9,14,16-17H,5-8,10-13H2,1-4H3. The van der Waals surface area contributed by atoms with E-state index >= 15 is 0 Å². The lowest BCUT2D eigenvalue weighted by atomic mass is 9.50. The van der Waals surface area contributed by atoms with Gasteiger partial charge < -0.3 is 4.79 Å². The van der Waals surface area contributed by atoms with Crippen LogP contribution in [0.25, 0.3) is 0 Å². The first-order valence-corrected chi connectivity index (χ1v) is 9.08. The van der Waals surface area contributed by atoms with Gasteiger partial charge in [-0.15, -0.1) is 0 Å². The number of rotatable bonds is 3.